The Hall–Kier alpha value is -2.21. The molecule has 0 spiro atoms. The molecule has 0 unspecified atom stereocenters. The molecule has 1 aliphatic heterocycles. The van der Waals surface area contributed by atoms with Crippen molar-refractivity contribution in [2.24, 2.45) is 7.05 Å². The molecule has 1 amide bonds. The summed E-state index contributed by atoms with van der Waals surface area (Å²) < 4.78 is 7.33. The number of rotatable bonds is 4. The number of amides is 1. The number of hydrogen-bond donors (Lipinski definition) is 0. The minimum Gasteiger partial charge on any atom is -0.383 e. The lowest BCUT2D eigenvalue weighted by atomic mass is 10.0. The Morgan fingerprint density at radius 3 is 3.00 bits per heavy atom. The Bertz CT molecular complexity index is 653. The van der Waals surface area contributed by atoms with Gasteiger partial charge in [0.1, 0.15) is 0 Å². The topological polar surface area (TPSA) is 60.2 Å². The molecule has 6 nitrogen and oxygen atoms in total. The zero-order chi connectivity index (χ0) is 15.5. The van der Waals surface area contributed by atoms with Crippen LogP contribution in [0.4, 0.5) is 0 Å². The molecule has 0 radical (unpaired) electrons. The van der Waals surface area contributed by atoms with Crippen molar-refractivity contribution in [3.63, 3.8) is 0 Å². The summed E-state index contributed by atoms with van der Waals surface area (Å²) in [5.74, 6) is 0.0667. The molecule has 0 N–H and O–H groups in total. The van der Waals surface area contributed by atoms with Gasteiger partial charge >= 0.3 is 0 Å². The molecule has 1 aliphatic rings. The minimum absolute atomic E-state index is 0.0455. The molecule has 2 aromatic heterocycles. The number of ether oxygens (including phenoxy) is 1. The number of carbonyl (C=O) groups is 1. The van der Waals surface area contributed by atoms with E-state index in [0.29, 0.717) is 19.6 Å². The van der Waals surface area contributed by atoms with Crippen LogP contribution in [-0.2, 0) is 36.0 Å². The van der Waals surface area contributed by atoms with Crippen molar-refractivity contribution in [1.29, 1.82) is 0 Å². The van der Waals surface area contributed by atoms with Gasteiger partial charge in [-0.05, 0) is 12.1 Å². The molecule has 0 saturated heterocycles. The van der Waals surface area contributed by atoms with Crippen molar-refractivity contribution >= 4 is 5.91 Å². The van der Waals surface area contributed by atoms with Gasteiger partial charge in [0.2, 0.25) is 5.91 Å². The lowest BCUT2D eigenvalue weighted by Crippen LogP contribution is -2.47. The number of pyridine rings is 1. The Balaban J connectivity index is 1.79. The largest absolute Gasteiger partial charge is 0.383 e. The fourth-order valence-corrected chi connectivity index (χ4v) is 2.91. The lowest BCUT2D eigenvalue weighted by molar-refractivity contribution is -0.135. The first-order valence-electron chi connectivity index (χ1n) is 7.36. The standard InChI is InChI=1S/C16H20N4O2/c1-19-11-18-14-9-20(13(10-22-2)8-15(14)19)16(21)7-12-5-3-4-6-17-12/h3-6,11,13H,7-10H2,1-2H3/t13-/m0/s1. The van der Waals surface area contributed by atoms with Gasteiger partial charge in [0.05, 0.1) is 37.6 Å². The molecule has 22 heavy (non-hydrogen) atoms. The maximum Gasteiger partial charge on any atom is 0.229 e. The van der Waals surface area contributed by atoms with E-state index in [2.05, 4.69) is 9.97 Å². The number of aromatic nitrogens is 3. The molecular weight excluding hydrogens is 280 g/mol. The van der Waals surface area contributed by atoms with Crippen LogP contribution in [-0.4, -0.2) is 45.1 Å². The molecule has 2 aromatic rings. The quantitative estimate of drug-likeness (QED) is 0.844. The minimum atomic E-state index is 0.0455. The van der Waals surface area contributed by atoms with Gasteiger partial charge in [-0.2, -0.15) is 0 Å². The van der Waals surface area contributed by atoms with E-state index >= 15 is 0 Å². The predicted octanol–water partition coefficient (Wildman–Crippen LogP) is 0.957. The molecule has 116 valence electrons. The first-order valence-corrected chi connectivity index (χ1v) is 7.36. The normalized spacial score (nSPS) is 17.4. The number of aryl methyl sites for hydroxylation is 1. The van der Waals surface area contributed by atoms with Crippen LogP contribution in [0.25, 0.3) is 0 Å². The summed E-state index contributed by atoms with van der Waals surface area (Å²) in [6.45, 7) is 1.06. The molecule has 6 heteroatoms. The van der Waals surface area contributed by atoms with Gasteiger partial charge in [-0.3, -0.25) is 9.78 Å². The highest BCUT2D eigenvalue weighted by molar-refractivity contribution is 5.79. The first-order chi connectivity index (χ1) is 10.7. The Kier molecular flexibility index (Phi) is 4.20. The zero-order valence-electron chi connectivity index (χ0n) is 12.9. The third kappa shape index (κ3) is 2.87. The van der Waals surface area contributed by atoms with Gasteiger partial charge < -0.3 is 14.2 Å². The Labute approximate surface area is 129 Å². The summed E-state index contributed by atoms with van der Waals surface area (Å²) in [6.07, 6.45) is 4.60. The van der Waals surface area contributed by atoms with E-state index in [1.54, 1.807) is 19.6 Å². The van der Waals surface area contributed by atoms with Crippen LogP contribution in [0.1, 0.15) is 17.1 Å². The number of hydrogen-bond acceptors (Lipinski definition) is 4. The summed E-state index contributed by atoms with van der Waals surface area (Å²) in [4.78, 5) is 23.2. The number of fused-ring (bicyclic) bond motifs is 1. The third-order valence-corrected chi connectivity index (χ3v) is 4.07. The van der Waals surface area contributed by atoms with E-state index < -0.39 is 0 Å². The van der Waals surface area contributed by atoms with E-state index in [1.807, 2.05) is 34.7 Å². The highest BCUT2D eigenvalue weighted by Crippen LogP contribution is 2.23. The van der Waals surface area contributed by atoms with Gasteiger partial charge in [-0.1, -0.05) is 6.07 Å². The summed E-state index contributed by atoms with van der Waals surface area (Å²) in [5, 5.41) is 0. The SMILES string of the molecule is COC[C@@H]1Cc2c(ncn2C)CN1C(=O)Cc1ccccn1. The van der Waals surface area contributed by atoms with Crippen LogP contribution >= 0.6 is 0 Å². The fraction of sp³-hybridized carbons (Fsp3) is 0.438. The summed E-state index contributed by atoms with van der Waals surface area (Å²) in [6, 6.07) is 5.67. The average Bonchev–Trinajstić information content (AvgIpc) is 2.89. The van der Waals surface area contributed by atoms with Crippen LogP contribution < -0.4 is 0 Å². The molecule has 0 aliphatic carbocycles. The molecule has 0 bridgehead atoms. The summed E-state index contributed by atoms with van der Waals surface area (Å²) in [7, 11) is 3.65. The second kappa shape index (κ2) is 6.27. The molecule has 0 fully saturated rings. The van der Waals surface area contributed by atoms with E-state index in [0.717, 1.165) is 17.8 Å². The highest BCUT2D eigenvalue weighted by Gasteiger charge is 2.32. The third-order valence-electron chi connectivity index (χ3n) is 4.07. The van der Waals surface area contributed by atoms with Gasteiger partial charge in [0.15, 0.2) is 0 Å². The number of imidazole rings is 1. The van der Waals surface area contributed by atoms with Crippen LogP contribution in [0, 0.1) is 0 Å². The van der Waals surface area contributed by atoms with Crippen molar-refractivity contribution < 1.29 is 9.53 Å². The van der Waals surface area contributed by atoms with Gasteiger partial charge in [0.25, 0.3) is 0 Å². The second-order valence-corrected chi connectivity index (χ2v) is 5.58. The second-order valence-electron chi connectivity index (χ2n) is 5.58. The number of carbonyl (C=O) groups excluding carboxylic acids is 1. The molecular formula is C16H20N4O2. The Morgan fingerprint density at radius 2 is 2.27 bits per heavy atom. The van der Waals surface area contributed by atoms with Crippen molar-refractivity contribution in [2.75, 3.05) is 13.7 Å². The summed E-state index contributed by atoms with van der Waals surface area (Å²) >= 11 is 0. The molecule has 1 atom stereocenters. The lowest BCUT2D eigenvalue weighted by Gasteiger charge is -2.35. The van der Waals surface area contributed by atoms with E-state index in [1.165, 1.54) is 5.69 Å². The van der Waals surface area contributed by atoms with Crippen LogP contribution in [0.15, 0.2) is 30.7 Å². The number of methoxy groups -OCH3 is 1. The number of nitrogens with zero attached hydrogens (tertiary/aromatic N) is 4. The van der Waals surface area contributed by atoms with Crippen LogP contribution in [0.5, 0.6) is 0 Å². The maximum absolute atomic E-state index is 12.7. The van der Waals surface area contributed by atoms with E-state index in [9.17, 15) is 4.79 Å². The maximum atomic E-state index is 12.7. The van der Waals surface area contributed by atoms with Crippen molar-refractivity contribution in [3.8, 4) is 0 Å². The fourth-order valence-electron chi connectivity index (χ4n) is 2.91. The average molecular weight is 300 g/mol. The Morgan fingerprint density at radius 1 is 1.41 bits per heavy atom. The summed E-state index contributed by atoms with van der Waals surface area (Å²) in [5.41, 5.74) is 2.95. The smallest absolute Gasteiger partial charge is 0.229 e. The highest BCUT2D eigenvalue weighted by atomic mass is 16.5. The van der Waals surface area contributed by atoms with Crippen molar-refractivity contribution in [1.82, 2.24) is 19.4 Å². The van der Waals surface area contributed by atoms with Crippen LogP contribution in [0.2, 0.25) is 0 Å². The van der Waals surface area contributed by atoms with Gasteiger partial charge in [-0.25, -0.2) is 4.98 Å². The molecule has 0 saturated carbocycles. The predicted molar refractivity (Wildman–Crippen MR) is 81.1 cm³/mol. The van der Waals surface area contributed by atoms with Gasteiger partial charge in [0, 0.05) is 38.2 Å². The molecule has 3 rings (SSSR count). The molecule has 0 aromatic carbocycles. The van der Waals surface area contributed by atoms with Gasteiger partial charge in [-0.15, -0.1) is 0 Å². The van der Waals surface area contributed by atoms with E-state index in [-0.39, 0.29) is 11.9 Å². The molecule has 3 heterocycles. The first kappa shape index (κ1) is 14.7. The van der Waals surface area contributed by atoms with Crippen molar-refractivity contribution in [3.05, 3.63) is 47.8 Å². The zero-order valence-corrected chi connectivity index (χ0v) is 12.9. The monoisotopic (exact) mass is 300 g/mol. The van der Waals surface area contributed by atoms with Crippen LogP contribution in [0.3, 0.4) is 0 Å². The van der Waals surface area contributed by atoms with E-state index in [4.69, 9.17) is 4.74 Å². The van der Waals surface area contributed by atoms with Crippen molar-refractivity contribution in [2.45, 2.75) is 25.4 Å².